The Hall–Kier alpha value is -0.590. The molecule has 2 atom stereocenters. The molecule has 0 N–H and O–H groups in total. The molecule has 0 amide bonds. The van der Waals surface area contributed by atoms with Crippen molar-refractivity contribution in [2.24, 2.45) is 11.3 Å². The van der Waals surface area contributed by atoms with E-state index in [4.69, 9.17) is 0 Å². The van der Waals surface area contributed by atoms with Crippen LogP contribution in [-0.4, -0.2) is 5.78 Å². The summed E-state index contributed by atoms with van der Waals surface area (Å²) >= 11 is 0. The lowest BCUT2D eigenvalue weighted by Crippen LogP contribution is -2.34. The van der Waals surface area contributed by atoms with E-state index in [0.717, 1.165) is 24.8 Å². The molecule has 1 aliphatic carbocycles. The lowest BCUT2D eigenvalue weighted by molar-refractivity contribution is -0.129. The Bertz CT molecular complexity index is 217. The van der Waals surface area contributed by atoms with Crippen LogP contribution in [0.4, 0.5) is 0 Å². The third-order valence-electron chi connectivity index (χ3n) is 3.23. The number of rotatable bonds is 1. The van der Waals surface area contributed by atoms with E-state index in [1.54, 1.807) is 0 Å². The van der Waals surface area contributed by atoms with Gasteiger partial charge in [0.1, 0.15) is 5.78 Å². The second-order valence-electron chi connectivity index (χ2n) is 4.38. The molecule has 0 spiro atoms. The highest BCUT2D eigenvalue weighted by Gasteiger charge is 2.37. The van der Waals surface area contributed by atoms with Gasteiger partial charge in [-0.15, -0.1) is 0 Å². The molecule has 1 saturated carbocycles. The summed E-state index contributed by atoms with van der Waals surface area (Å²) in [7, 11) is 0. The first-order valence-electron chi connectivity index (χ1n) is 4.66. The molecule has 68 valence electrons. The Morgan fingerprint density at radius 1 is 1.67 bits per heavy atom. The number of allylic oxidation sites excluding steroid dienone is 1. The van der Waals surface area contributed by atoms with E-state index in [9.17, 15) is 4.79 Å². The number of Topliss-reactive ketones (excluding diaryl/α,β-unsaturated/α-hetero) is 1. The fourth-order valence-electron chi connectivity index (χ4n) is 1.77. The predicted octanol–water partition coefficient (Wildman–Crippen LogP) is 2.96. The smallest absolute Gasteiger partial charge is 0.143 e. The van der Waals surface area contributed by atoms with Crippen molar-refractivity contribution in [1.29, 1.82) is 0 Å². The van der Waals surface area contributed by atoms with Crippen LogP contribution < -0.4 is 0 Å². The van der Waals surface area contributed by atoms with Crippen LogP contribution in [-0.2, 0) is 4.79 Å². The van der Waals surface area contributed by atoms with E-state index >= 15 is 0 Å². The first kappa shape index (κ1) is 9.50. The standard InChI is InChI=1S/C11H18O/c1-8(2)11(4)6-5-9(3)7-10(11)12/h9H,1,5-7H2,2-4H3. The third kappa shape index (κ3) is 1.45. The molecule has 0 radical (unpaired) electrons. The monoisotopic (exact) mass is 166 g/mol. The maximum atomic E-state index is 11.7. The van der Waals surface area contributed by atoms with Crippen molar-refractivity contribution in [3.05, 3.63) is 12.2 Å². The van der Waals surface area contributed by atoms with E-state index in [1.807, 2.05) is 13.8 Å². The maximum Gasteiger partial charge on any atom is 0.143 e. The van der Waals surface area contributed by atoms with Crippen LogP contribution in [0.1, 0.15) is 40.0 Å². The number of ketones is 1. The molecule has 0 aromatic rings. The predicted molar refractivity (Wildman–Crippen MR) is 50.9 cm³/mol. The molecule has 0 bridgehead atoms. The zero-order valence-electron chi connectivity index (χ0n) is 8.31. The zero-order valence-corrected chi connectivity index (χ0v) is 8.31. The van der Waals surface area contributed by atoms with Crippen LogP contribution in [0.15, 0.2) is 12.2 Å². The molecule has 12 heavy (non-hydrogen) atoms. The van der Waals surface area contributed by atoms with Gasteiger partial charge in [0.2, 0.25) is 0 Å². The number of hydrogen-bond donors (Lipinski definition) is 0. The molecule has 0 aromatic heterocycles. The van der Waals surface area contributed by atoms with Gasteiger partial charge >= 0.3 is 0 Å². The van der Waals surface area contributed by atoms with Gasteiger partial charge < -0.3 is 0 Å². The normalized spacial score (nSPS) is 36.6. The fourth-order valence-corrected chi connectivity index (χ4v) is 1.77. The zero-order chi connectivity index (χ0) is 9.35. The second-order valence-corrected chi connectivity index (χ2v) is 4.38. The molecule has 0 saturated heterocycles. The van der Waals surface area contributed by atoms with Gasteiger partial charge in [0.05, 0.1) is 0 Å². The quantitative estimate of drug-likeness (QED) is 0.547. The Morgan fingerprint density at radius 3 is 2.67 bits per heavy atom. The van der Waals surface area contributed by atoms with E-state index in [0.29, 0.717) is 11.7 Å². The van der Waals surface area contributed by atoms with E-state index < -0.39 is 0 Å². The van der Waals surface area contributed by atoms with E-state index in [-0.39, 0.29) is 5.41 Å². The van der Waals surface area contributed by atoms with Crippen molar-refractivity contribution in [2.45, 2.75) is 40.0 Å². The van der Waals surface area contributed by atoms with Crippen LogP contribution in [0.2, 0.25) is 0 Å². The number of hydrogen-bond acceptors (Lipinski definition) is 1. The summed E-state index contributed by atoms with van der Waals surface area (Å²) < 4.78 is 0. The fraction of sp³-hybridized carbons (Fsp3) is 0.727. The van der Waals surface area contributed by atoms with E-state index in [2.05, 4.69) is 13.5 Å². The Labute approximate surface area is 74.9 Å². The summed E-state index contributed by atoms with van der Waals surface area (Å²) in [5.41, 5.74) is 0.811. The van der Waals surface area contributed by atoms with Gasteiger partial charge in [-0.25, -0.2) is 0 Å². The van der Waals surface area contributed by atoms with Gasteiger partial charge in [-0.1, -0.05) is 19.1 Å². The first-order chi connectivity index (χ1) is 5.47. The van der Waals surface area contributed by atoms with Crippen molar-refractivity contribution in [1.82, 2.24) is 0 Å². The molecule has 0 aromatic carbocycles. The second kappa shape index (κ2) is 3.04. The number of carbonyl (C=O) groups is 1. The van der Waals surface area contributed by atoms with Gasteiger partial charge in [-0.2, -0.15) is 0 Å². The lowest BCUT2D eigenvalue weighted by Gasteiger charge is -2.35. The first-order valence-corrected chi connectivity index (χ1v) is 4.66. The average molecular weight is 166 g/mol. The molecule has 1 fully saturated rings. The summed E-state index contributed by atoms with van der Waals surface area (Å²) in [4.78, 5) is 11.7. The summed E-state index contributed by atoms with van der Waals surface area (Å²) in [5.74, 6) is 0.957. The van der Waals surface area contributed by atoms with Crippen molar-refractivity contribution < 1.29 is 4.79 Å². The highest BCUT2D eigenvalue weighted by molar-refractivity contribution is 5.88. The topological polar surface area (TPSA) is 17.1 Å². The summed E-state index contributed by atoms with van der Waals surface area (Å²) in [6, 6.07) is 0. The minimum absolute atomic E-state index is 0.216. The molecule has 2 unspecified atom stereocenters. The Kier molecular flexibility index (Phi) is 2.41. The largest absolute Gasteiger partial charge is 0.299 e. The van der Waals surface area contributed by atoms with Crippen molar-refractivity contribution in [3.8, 4) is 0 Å². The highest BCUT2D eigenvalue weighted by atomic mass is 16.1. The van der Waals surface area contributed by atoms with Gasteiger partial charge in [-0.05, 0) is 32.6 Å². The lowest BCUT2D eigenvalue weighted by atomic mass is 9.68. The molecule has 1 aliphatic rings. The van der Waals surface area contributed by atoms with Crippen molar-refractivity contribution >= 4 is 5.78 Å². The van der Waals surface area contributed by atoms with Gasteiger partial charge in [0.15, 0.2) is 0 Å². The molecule has 0 aliphatic heterocycles. The summed E-state index contributed by atoms with van der Waals surface area (Å²) in [5, 5.41) is 0. The van der Waals surface area contributed by atoms with Gasteiger partial charge in [0.25, 0.3) is 0 Å². The van der Waals surface area contributed by atoms with Gasteiger partial charge in [-0.3, -0.25) is 4.79 Å². The minimum Gasteiger partial charge on any atom is -0.299 e. The van der Waals surface area contributed by atoms with E-state index in [1.165, 1.54) is 0 Å². The molecule has 1 heteroatoms. The SMILES string of the molecule is C=C(C)C1(C)CCC(C)CC1=O. The van der Waals surface area contributed by atoms with Crippen LogP contribution in [0, 0.1) is 11.3 Å². The molecule has 0 heterocycles. The highest BCUT2D eigenvalue weighted by Crippen LogP contribution is 2.40. The van der Waals surface area contributed by atoms with Crippen LogP contribution >= 0.6 is 0 Å². The van der Waals surface area contributed by atoms with Gasteiger partial charge in [0, 0.05) is 11.8 Å². The molecular weight excluding hydrogens is 148 g/mol. The van der Waals surface area contributed by atoms with Crippen LogP contribution in [0.3, 0.4) is 0 Å². The number of carbonyl (C=O) groups excluding carboxylic acids is 1. The Morgan fingerprint density at radius 2 is 2.25 bits per heavy atom. The Balaban J connectivity index is 2.80. The maximum absolute atomic E-state index is 11.7. The molecular formula is C11H18O. The van der Waals surface area contributed by atoms with Crippen LogP contribution in [0.5, 0.6) is 0 Å². The molecule has 1 rings (SSSR count). The van der Waals surface area contributed by atoms with Crippen molar-refractivity contribution in [2.75, 3.05) is 0 Å². The van der Waals surface area contributed by atoms with Crippen molar-refractivity contribution in [3.63, 3.8) is 0 Å². The summed E-state index contributed by atoms with van der Waals surface area (Å²) in [6.07, 6.45) is 2.89. The summed E-state index contributed by atoms with van der Waals surface area (Å²) in [6.45, 7) is 10.1. The average Bonchev–Trinajstić information content (AvgIpc) is 1.97. The molecule has 1 nitrogen and oxygen atoms in total. The third-order valence-corrected chi connectivity index (χ3v) is 3.23. The minimum atomic E-state index is -0.216. The van der Waals surface area contributed by atoms with Crippen LogP contribution in [0.25, 0.3) is 0 Å².